The number of rotatable bonds is 6. The van der Waals surface area contributed by atoms with Crippen LogP contribution in [0.15, 0.2) is 0 Å². The van der Waals surface area contributed by atoms with Gasteiger partial charge in [-0.15, -0.1) is 11.3 Å². The zero-order chi connectivity index (χ0) is 19.6. The Balaban J connectivity index is 2.24. The van der Waals surface area contributed by atoms with E-state index in [2.05, 4.69) is 10.4 Å². The van der Waals surface area contributed by atoms with E-state index in [-0.39, 0.29) is 18.2 Å². The molecule has 2 heterocycles. The minimum Gasteiger partial charge on any atom is -0.462 e. The standard InChI is InChI=1S/C15H17ClN4O5S/c1-5-25-15(22)11-7(2)9(4)26-14(11)17-10(21)6-19-8(3)12(16)13(18-19)20(23)24/h5-6H2,1-4H3,(H,17,21). The van der Waals surface area contributed by atoms with E-state index in [0.29, 0.717) is 16.3 Å². The van der Waals surface area contributed by atoms with Crippen molar-refractivity contribution in [3.05, 3.63) is 36.8 Å². The van der Waals surface area contributed by atoms with Gasteiger partial charge in [0.1, 0.15) is 11.5 Å². The monoisotopic (exact) mass is 400 g/mol. The molecule has 0 saturated carbocycles. The van der Waals surface area contributed by atoms with Crippen LogP contribution in [0.5, 0.6) is 0 Å². The van der Waals surface area contributed by atoms with Crippen LogP contribution in [-0.2, 0) is 16.1 Å². The molecule has 0 atom stereocenters. The molecule has 0 aliphatic heterocycles. The smallest absolute Gasteiger partial charge is 0.408 e. The minimum absolute atomic E-state index is 0.113. The topological polar surface area (TPSA) is 116 Å². The van der Waals surface area contributed by atoms with E-state index in [1.807, 2.05) is 6.92 Å². The number of nitro groups is 1. The van der Waals surface area contributed by atoms with Gasteiger partial charge in [0.15, 0.2) is 5.02 Å². The Morgan fingerprint density at radius 2 is 2.04 bits per heavy atom. The number of aromatic nitrogens is 2. The molecule has 1 amide bonds. The zero-order valence-corrected chi connectivity index (χ0v) is 16.2. The van der Waals surface area contributed by atoms with Crippen molar-refractivity contribution in [2.24, 2.45) is 0 Å². The fourth-order valence-electron chi connectivity index (χ4n) is 2.25. The van der Waals surface area contributed by atoms with Gasteiger partial charge in [0.25, 0.3) is 0 Å². The van der Waals surface area contributed by atoms with Crippen molar-refractivity contribution >= 4 is 45.6 Å². The molecule has 9 nitrogen and oxygen atoms in total. The van der Waals surface area contributed by atoms with E-state index in [4.69, 9.17) is 16.3 Å². The Kier molecular flexibility index (Phi) is 5.98. The number of ether oxygens (including phenoxy) is 1. The summed E-state index contributed by atoms with van der Waals surface area (Å²) in [6.07, 6.45) is 0. The molecule has 0 aromatic carbocycles. The van der Waals surface area contributed by atoms with Crippen LogP contribution in [0.25, 0.3) is 0 Å². The van der Waals surface area contributed by atoms with Gasteiger partial charge < -0.3 is 20.2 Å². The van der Waals surface area contributed by atoms with E-state index in [9.17, 15) is 19.7 Å². The van der Waals surface area contributed by atoms with Gasteiger partial charge in [0.05, 0.1) is 23.0 Å². The fraction of sp³-hybridized carbons (Fsp3) is 0.400. The maximum atomic E-state index is 12.3. The lowest BCUT2D eigenvalue weighted by Gasteiger charge is -2.07. The number of hydrogen-bond donors (Lipinski definition) is 1. The first-order chi connectivity index (χ1) is 12.2. The second-order valence-corrected chi connectivity index (χ2v) is 7.00. The summed E-state index contributed by atoms with van der Waals surface area (Å²) < 4.78 is 6.18. The van der Waals surface area contributed by atoms with Crippen LogP contribution in [0.3, 0.4) is 0 Å². The van der Waals surface area contributed by atoms with Gasteiger partial charge in [-0.05, 0) is 38.2 Å². The van der Waals surface area contributed by atoms with Crippen LogP contribution in [0, 0.1) is 30.9 Å². The third kappa shape index (κ3) is 3.86. The predicted octanol–water partition coefficient (Wildman–Crippen LogP) is 3.25. The van der Waals surface area contributed by atoms with Crippen molar-refractivity contribution in [3.8, 4) is 0 Å². The SMILES string of the molecule is CCOC(=O)c1c(NC(=O)Cn2nc([N+](=O)[O-])c(Cl)c2C)sc(C)c1C. The molecule has 140 valence electrons. The first-order valence-electron chi connectivity index (χ1n) is 7.61. The maximum Gasteiger partial charge on any atom is 0.408 e. The van der Waals surface area contributed by atoms with E-state index in [0.717, 1.165) is 15.1 Å². The Labute approximate surface area is 158 Å². The van der Waals surface area contributed by atoms with E-state index >= 15 is 0 Å². The molecule has 0 fully saturated rings. The van der Waals surface area contributed by atoms with Crippen molar-refractivity contribution in [3.63, 3.8) is 0 Å². The van der Waals surface area contributed by atoms with Crippen LogP contribution in [0.4, 0.5) is 10.8 Å². The third-order valence-corrected chi connectivity index (χ3v) is 5.27. The molecule has 0 aliphatic rings. The number of aryl methyl sites for hydroxylation is 1. The summed E-state index contributed by atoms with van der Waals surface area (Å²) in [6, 6.07) is 0. The van der Waals surface area contributed by atoms with Gasteiger partial charge in [0.2, 0.25) is 5.91 Å². The van der Waals surface area contributed by atoms with Crippen molar-refractivity contribution < 1.29 is 19.2 Å². The van der Waals surface area contributed by atoms with E-state index in [1.54, 1.807) is 13.8 Å². The van der Waals surface area contributed by atoms with Gasteiger partial charge in [-0.1, -0.05) is 11.6 Å². The van der Waals surface area contributed by atoms with Crippen LogP contribution >= 0.6 is 22.9 Å². The van der Waals surface area contributed by atoms with Crippen molar-refractivity contribution in [2.45, 2.75) is 34.2 Å². The number of anilines is 1. The number of carbonyl (C=O) groups excluding carboxylic acids is 2. The first kappa shape index (κ1) is 19.9. The van der Waals surface area contributed by atoms with Crippen molar-refractivity contribution in [1.29, 1.82) is 0 Å². The normalized spacial score (nSPS) is 10.7. The van der Waals surface area contributed by atoms with Crippen LogP contribution in [0.1, 0.15) is 33.4 Å². The molecule has 1 N–H and O–H groups in total. The Bertz CT molecular complexity index is 889. The lowest BCUT2D eigenvalue weighted by molar-refractivity contribution is -0.389. The van der Waals surface area contributed by atoms with Gasteiger partial charge in [-0.2, -0.15) is 4.68 Å². The molecule has 2 rings (SSSR count). The summed E-state index contributed by atoms with van der Waals surface area (Å²) in [5.74, 6) is -1.51. The molecule has 2 aromatic heterocycles. The highest BCUT2D eigenvalue weighted by Crippen LogP contribution is 2.33. The summed E-state index contributed by atoms with van der Waals surface area (Å²) in [4.78, 5) is 35.5. The summed E-state index contributed by atoms with van der Waals surface area (Å²) in [6.45, 7) is 6.77. The second kappa shape index (κ2) is 7.83. The molecule has 26 heavy (non-hydrogen) atoms. The fourth-order valence-corrected chi connectivity index (χ4v) is 3.51. The van der Waals surface area contributed by atoms with E-state index < -0.39 is 22.6 Å². The molecule has 0 spiro atoms. The summed E-state index contributed by atoms with van der Waals surface area (Å²) in [5, 5.41) is 17.5. The van der Waals surface area contributed by atoms with E-state index in [1.165, 1.54) is 18.3 Å². The highest BCUT2D eigenvalue weighted by molar-refractivity contribution is 7.16. The van der Waals surface area contributed by atoms with Crippen molar-refractivity contribution in [1.82, 2.24) is 9.78 Å². The predicted molar refractivity (Wildman–Crippen MR) is 97.0 cm³/mol. The zero-order valence-electron chi connectivity index (χ0n) is 14.6. The van der Waals surface area contributed by atoms with Crippen LogP contribution in [0.2, 0.25) is 5.02 Å². The molecule has 0 aliphatic carbocycles. The molecule has 0 unspecified atom stereocenters. The molecule has 11 heteroatoms. The number of carbonyl (C=O) groups is 2. The number of hydrogen-bond acceptors (Lipinski definition) is 7. The first-order valence-corrected chi connectivity index (χ1v) is 8.81. The molecule has 2 aromatic rings. The van der Waals surface area contributed by atoms with Crippen molar-refractivity contribution in [2.75, 3.05) is 11.9 Å². The summed E-state index contributed by atoms with van der Waals surface area (Å²) >= 11 is 7.12. The van der Waals surface area contributed by atoms with Gasteiger partial charge in [-0.3, -0.25) is 4.79 Å². The Morgan fingerprint density at radius 3 is 2.58 bits per heavy atom. The van der Waals surface area contributed by atoms with Gasteiger partial charge >= 0.3 is 11.8 Å². The number of nitrogens with zero attached hydrogens (tertiary/aromatic N) is 3. The van der Waals surface area contributed by atoms with Gasteiger partial charge in [0, 0.05) is 4.88 Å². The molecular weight excluding hydrogens is 384 g/mol. The largest absolute Gasteiger partial charge is 0.462 e. The molecule has 0 radical (unpaired) electrons. The highest BCUT2D eigenvalue weighted by atomic mass is 35.5. The average Bonchev–Trinajstić information content (AvgIpc) is 2.98. The summed E-state index contributed by atoms with van der Waals surface area (Å²) in [7, 11) is 0. The summed E-state index contributed by atoms with van der Waals surface area (Å²) in [5.41, 5.74) is 1.35. The lowest BCUT2D eigenvalue weighted by Crippen LogP contribution is -2.21. The number of halogens is 1. The van der Waals surface area contributed by atoms with Crippen LogP contribution < -0.4 is 5.32 Å². The lowest BCUT2D eigenvalue weighted by atomic mass is 10.1. The Hall–Kier alpha value is -2.46. The number of esters is 1. The molecule has 0 saturated heterocycles. The quantitative estimate of drug-likeness (QED) is 0.452. The average molecular weight is 401 g/mol. The van der Waals surface area contributed by atoms with Crippen LogP contribution in [-0.4, -0.2) is 33.2 Å². The van der Waals surface area contributed by atoms with Gasteiger partial charge in [-0.25, -0.2) is 4.79 Å². The maximum absolute atomic E-state index is 12.3. The molecular formula is C15H17ClN4O5S. The molecule has 0 bridgehead atoms. The second-order valence-electron chi connectivity index (χ2n) is 5.39. The number of nitrogens with one attached hydrogen (secondary N) is 1. The minimum atomic E-state index is -0.714. The Morgan fingerprint density at radius 1 is 1.38 bits per heavy atom. The number of amides is 1. The third-order valence-electron chi connectivity index (χ3n) is 3.70. The highest BCUT2D eigenvalue weighted by Gasteiger charge is 2.26. The number of thiophene rings is 1.